The number of rotatable bonds is 8. The number of halogens is 2. The fourth-order valence-electron chi connectivity index (χ4n) is 3.80. The zero-order chi connectivity index (χ0) is 25.9. The Labute approximate surface area is 217 Å². The topological polar surface area (TPSA) is 104 Å². The number of hydrogen-bond donors (Lipinski definition) is 2. The number of nitrogens with one attached hydrogen (secondary N) is 1. The minimum atomic E-state index is -4.38. The van der Waals surface area contributed by atoms with Gasteiger partial charge in [-0.05, 0) is 41.3 Å². The Bertz CT molecular complexity index is 1540. The van der Waals surface area contributed by atoms with Gasteiger partial charge in [0.05, 0.1) is 10.6 Å². The average Bonchev–Trinajstić information content (AvgIpc) is 2.85. The van der Waals surface area contributed by atoms with Gasteiger partial charge in [-0.2, -0.15) is 0 Å². The number of benzene rings is 4. The third-order valence-electron chi connectivity index (χ3n) is 5.41. The van der Waals surface area contributed by atoms with Crippen molar-refractivity contribution >= 4 is 61.6 Å². The molecule has 0 saturated carbocycles. The lowest BCUT2D eigenvalue weighted by Gasteiger charge is -2.25. The number of nitrogens with zero attached hydrogens (tertiary/aromatic N) is 1. The summed E-state index contributed by atoms with van der Waals surface area (Å²) in [5, 5.41) is 13.4. The van der Waals surface area contributed by atoms with Gasteiger partial charge in [0, 0.05) is 27.5 Å². The number of sulfonamides is 1. The van der Waals surface area contributed by atoms with Crippen molar-refractivity contribution in [2.75, 3.05) is 10.8 Å². The second kappa shape index (κ2) is 10.6. The summed E-state index contributed by atoms with van der Waals surface area (Å²) in [7, 11) is -4.38. The van der Waals surface area contributed by atoms with E-state index in [1.54, 1.807) is 24.3 Å². The van der Waals surface area contributed by atoms with E-state index in [1.165, 1.54) is 30.3 Å². The smallest absolute Gasteiger partial charge is 0.324 e. The molecule has 0 aromatic heterocycles. The van der Waals surface area contributed by atoms with Crippen LogP contribution in [0.2, 0.25) is 10.0 Å². The molecule has 4 rings (SSSR count). The van der Waals surface area contributed by atoms with Crippen LogP contribution in [0.15, 0.2) is 89.8 Å². The van der Waals surface area contributed by atoms with Crippen molar-refractivity contribution in [2.24, 2.45) is 0 Å². The summed E-state index contributed by atoms with van der Waals surface area (Å²) in [5.41, 5.74) is 1.35. The zero-order valence-corrected chi connectivity index (χ0v) is 21.0. The molecule has 10 heteroatoms. The third kappa shape index (κ3) is 5.46. The van der Waals surface area contributed by atoms with Crippen LogP contribution in [0, 0.1) is 0 Å². The monoisotopic (exact) mass is 542 g/mol. The Morgan fingerprint density at radius 1 is 0.833 bits per heavy atom. The summed E-state index contributed by atoms with van der Waals surface area (Å²) in [6.07, 6.45) is 0. The molecule has 184 valence electrons. The number of carboxylic acid groups (broad SMARTS) is 1. The summed E-state index contributed by atoms with van der Waals surface area (Å²) >= 11 is 12.0. The van der Waals surface area contributed by atoms with Gasteiger partial charge in [0.2, 0.25) is 0 Å². The molecule has 0 radical (unpaired) electrons. The second-order valence-electron chi connectivity index (χ2n) is 7.86. The fraction of sp³-hybridized carbons (Fsp3) is 0.0769. The van der Waals surface area contributed by atoms with Crippen molar-refractivity contribution in [1.29, 1.82) is 0 Å². The van der Waals surface area contributed by atoms with E-state index in [2.05, 4.69) is 5.32 Å². The molecule has 0 unspecified atom stereocenters. The molecule has 0 aliphatic carbocycles. The highest BCUT2D eigenvalue weighted by molar-refractivity contribution is 7.92. The van der Waals surface area contributed by atoms with Gasteiger partial charge in [-0.15, -0.1) is 0 Å². The van der Waals surface area contributed by atoms with E-state index in [4.69, 9.17) is 23.2 Å². The molecule has 1 amide bonds. The molecule has 7 nitrogen and oxygen atoms in total. The Kier molecular flexibility index (Phi) is 7.49. The summed E-state index contributed by atoms with van der Waals surface area (Å²) in [6, 6.07) is 22.8. The number of fused-ring (bicyclic) bond motifs is 1. The standard InChI is InChI=1S/C26H20Cl2N2O5S/c27-18-12-19(28)14-20(13-18)36(34,35)30(16-25(31)32)24-11-10-23(21-8-4-5-9-22(21)24)26(33)29-15-17-6-2-1-3-7-17/h1-14H,15-16H2,(H,29,33)(H,31,32). The predicted octanol–water partition coefficient (Wildman–Crippen LogP) is 5.36. The van der Waals surface area contributed by atoms with Crippen molar-refractivity contribution in [2.45, 2.75) is 11.4 Å². The Balaban J connectivity index is 1.79. The van der Waals surface area contributed by atoms with Crippen LogP contribution in [0.1, 0.15) is 15.9 Å². The minimum Gasteiger partial charge on any atom is -0.480 e. The van der Waals surface area contributed by atoms with E-state index in [0.29, 0.717) is 22.9 Å². The van der Waals surface area contributed by atoms with Gasteiger partial charge in [-0.3, -0.25) is 13.9 Å². The van der Waals surface area contributed by atoms with Gasteiger partial charge in [-0.25, -0.2) is 8.42 Å². The van der Waals surface area contributed by atoms with E-state index in [-0.39, 0.29) is 26.5 Å². The summed E-state index contributed by atoms with van der Waals surface area (Å²) in [4.78, 5) is 24.5. The molecule has 0 spiro atoms. The predicted molar refractivity (Wildman–Crippen MR) is 140 cm³/mol. The number of anilines is 1. The van der Waals surface area contributed by atoms with Crippen molar-refractivity contribution < 1.29 is 23.1 Å². The van der Waals surface area contributed by atoms with Gasteiger partial charge in [-0.1, -0.05) is 77.8 Å². The first-order chi connectivity index (χ1) is 17.2. The molecular formula is C26H20Cl2N2O5S. The van der Waals surface area contributed by atoms with Gasteiger partial charge in [0.25, 0.3) is 15.9 Å². The SMILES string of the molecule is O=C(O)CN(c1ccc(C(=O)NCc2ccccc2)c2ccccc12)S(=O)(=O)c1cc(Cl)cc(Cl)c1. The molecule has 0 bridgehead atoms. The Hall–Kier alpha value is -3.59. The maximum Gasteiger partial charge on any atom is 0.324 e. The van der Waals surface area contributed by atoms with E-state index in [0.717, 1.165) is 9.87 Å². The van der Waals surface area contributed by atoms with Gasteiger partial charge in [0.15, 0.2) is 0 Å². The van der Waals surface area contributed by atoms with E-state index in [9.17, 15) is 23.1 Å². The Morgan fingerprint density at radius 2 is 1.44 bits per heavy atom. The lowest BCUT2D eigenvalue weighted by Crippen LogP contribution is -2.36. The first kappa shape index (κ1) is 25.5. The van der Waals surface area contributed by atoms with Crippen molar-refractivity contribution in [3.05, 3.63) is 106 Å². The second-order valence-corrected chi connectivity index (χ2v) is 10.6. The maximum absolute atomic E-state index is 13.6. The summed E-state index contributed by atoms with van der Waals surface area (Å²) < 4.78 is 27.9. The highest BCUT2D eigenvalue weighted by Gasteiger charge is 2.30. The van der Waals surface area contributed by atoms with Crippen LogP contribution in [0.25, 0.3) is 10.8 Å². The lowest BCUT2D eigenvalue weighted by molar-refractivity contribution is -0.135. The van der Waals surface area contributed by atoms with Crippen molar-refractivity contribution in [3.8, 4) is 0 Å². The third-order valence-corrected chi connectivity index (χ3v) is 7.59. The lowest BCUT2D eigenvalue weighted by atomic mass is 10.0. The Morgan fingerprint density at radius 3 is 2.08 bits per heavy atom. The normalized spacial score (nSPS) is 11.3. The molecule has 0 saturated heterocycles. The van der Waals surface area contributed by atoms with Gasteiger partial charge in [0.1, 0.15) is 6.54 Å². The molecule has 0 atom stereocenters. The van der Waals surface area contributed by atoms with E-state index < -0.39 is 22.5 Å². The first-order valence-electron chi connectivity index (χ1n) is 10.7. The van der Waals surface area contributed by atoms with Crippen molar-refractivity contribution in [1.82, 2.24) is 5.32 Å². The first-order valence-corrected chi connectivity index (χ1v) is 12.9. The minimum absolute atomic E-state index is 0.0895. The average molecular weight is 543 g/mol. The molecule has 0 fully saturated rings. The van der Waals surface area contributed by atoms with Gasteiger partial charge >= 0.3 is 5.97 Å². The highest BCUT2D eigenvalue weighted by Crippen LogP contribution is 2.34. The van der Waals surface area contributed by atoms with E-state index in [1.807, 2.05) is 30.3 Å². The van der Waals surface area contributed by atoms with Crippen LogP contribution in [-0.4, -0.2) is 31.9 Å². The number of amides is 1. The molecule has 4 aromatic carbocycles. The number of carbonyl (C=O) groups excluding carboxylic acids is 1. The largest absolute Gasteiger partial charge is 0.480 e. The van der Waals surface area contributed by atoms with E-state index >= 15 is 0 Å². The molecule has 4 aromatic rings. The van der Waals surface area contributed by atoms with Crippen molar-refractivity contribution in [3.63, 3.8) is 0 Å². The molecule has 2 N–H and O–H groups in total. The fourth-order valence-corrected chi connectivity index (χ4v) is 5.96. The van der Waals surface area contributed by atoms with Crippen LogP contribution in [0.3, 0.4) is 0 Å². The van der Waals surface area contributed by atoms with Crippen LogP contribution in [-0.2, 0) is 21.4 Å². The molecule has 0 heterocycles. The van der Waals surface area contributed by atoms with Crippen LogP contribution < -0.4 is 9.62 Å². The summed E-state index contributed by atoms with van der Waals surface area (Å²) in [6.45, 7) is -0.541. The molecular weight excluding hydrogens is 523 g/mol. The van der Waals surface area contributed by atoms with Crippen LogP contribution in [0.5, 0.6) is 0 Å². The molecule has 0 aliphatic rings. The number of hydrogen-bond acceptors (Lipinski definition) is 4. The highest BCUT2D eigenvalue weighted by atomic mass is 35.5. The number of aliphatic carboxylic acids is 1. The quantitative estimate of drug-likeness (QED) is 0.312. The zero-order valence-electron chi connectivity index (χ0n) is 18.7. The summed E-state index contributed by atoms with van der Waals surface area (Å²) in [5.74, 6) is -1.71. The van der Waals surface area contributed by atoms with Gasteiger partial charge < -0.3 is 10.4 Å². The maximum atomic E-state index is 13.6. The molecule has 0 aliphatic heterocycles. The van der Waals surface area contributed by atoms with Crippen LogP contribution >= 0.6 is 23.2 Å². The number of carbonyl (C=O) groups is 2. The van der Waals surface area contributed by atoms with Crippen LogP contribution in [0.4, 0.5) is 5.69 Å². The number of carboxylic acids is 1. The molecule has 36 heavy (non-hydrogen) atoms.